The number of aromatic nitrogens is 1. The van der Waals surface area contributed by atoms with Gasteiger partial charge in [-0.3, -0.25) is 9.59 Å². The van der Waals surface area contributed by atoms with Gasteiger partial charge in [0.25, 0.3) is 0 Å². The zero-order chi connectivity index (χ0) is 13.3. The topological polar surface area (TPSA) is 67.3 Å². The zero-order valence-electron chi connectivity index (χ0n) is 9.58. The van der Waals surface area contributed by atoms with Crippen LogP contribution in [0.1, 0.15) is 18.4 Å². The summed E-state index contributed by atoms with van der Waals surface area (Å²) in [5.41, 5.74) is -0.415. The van der Waals surface area contributed by atoms with E-state index in [-0.39, 0.29) is 6.42 Å². The fourth-order valence-electron chi connectivity index (χ4n) is 1.65. The molecule has 1 atom stereocenters. The lowest BCUT2D eigenvalue weighted by Gasteiger charge is -2.20. The van der Waals surface area contributed by atoms with E-state index in [1.807, 2.05) is 24.3 Å². The second-order valence-corrected chi connectivity index (χ2v) is 5.63. The molecule has 0 spiro atoms. The number of carboxylic acid groups (broad SMARTS) is 1. The van der Waals surface area contributed by atoms with Crippen molar-refractivity contribution in [2.24, 2.45) is 0 Å². The third-order valence-corrected chi connectivity index (χ3v) is 4.54. The van der Waals surface area contributed by atoms with Crippen molar-refractivity contribution in [1.29, 1.82) is 0 Å². The van der Waals surface area contributed by atoms with E-state index < -0.39 is 16.5 Å². The summed E-state index contributed by atoms with van der Waals surface area (Å²) in [7, 11) is 0. The number of rotatable bonds is 4. The number of nitrogens with zero attached hydrogens (tertiary/aromatic N) is 1. The summed E-state index contributed by atoms with van der Waals surface area (Å²) in [6, 6.07) is 7.45. The number of aliphatic carboxylic acids is 1. The Labute approximate surface area is 113 Å². The number of carbonyl (C=O) groups is 2. The van der Waals surface area contributed by atoms with Crippen molar-refractivity contribution in [3.63, 3.8) is 0 Å². The lowest BCUT2D eigenvalue weighted by Crippen LogP contribution is -2.32. The van der Waals surface area contributed by atoms with Crippen LogP contribution in [0.15, 0.2) is 24.3 Å². The molecule has 0 bridgehead atoms. The molecule has 1 N–H and O–H groups in total. The highest BCUT2D eigenvalue weighted by molar-refractivity contribution is 7.96. The van der Waals surface area contributed by atoms with Crippen molar-refractivity contribution < 1.29 is 14.7 Å². The molecule has 2 rings (SSSR count). The van der Waals surface area contributed by atoms with Crippen molar-refractivity contribution in [3.05, 3.63) is 29.3 Å². The largest absolute Gasteiger partial charge is 0.481 e. The molecule has 1 heterocycles. The van der Waals surface area contributed by atoms with Gasteiger partial charge in [-0.1, -0.05) is 12.1 Å². The van der Waals surface area contributed by atoms with Gasteiger partial charge in [-0.25, -0.2) is 4.98 Å². The third-order valence-electron chi connectivity index (χ3n) is 2.74. The summed E-state index contributed by atoms with van der Waals surface area (Å²) in [5, 5.41) is 8.93. The molecule has 0 radical (unpaired) electrons. The van der Waals surface area contributed by atoms with Gasteiger partial charge in [0.05, 0.1) is 22.1 Å². The highest BCUT2D eigenvalue weighted by atomic mass is 32.1. The molecule has 0 aliphatic rings. The minimum Gasteiger partial charge on any atom is -0.481 e. The Balaban J connectivity index is 2.54. The summed E-state index contributed by atoms with van der Waals surface area (Å²) in [6.45, 7) is 1.56. The highest BCUT2D eigenvalue weighted by Gasteiger charge is 2.38. The molecule has 1 aromatic heterocycles. The quantitative estimate of drug-likeness (QED) is 0.845. The number of carbonyl (C=O) groups excluding carboxylic acids is 1. The maximum absolute atomic E-state index is 11.6. The normalized spacial score (nSPS) is 14.3. The van der Waals surface area contributed by atoms with E-state index in [2.05, 4.69) is 17.6 Å². The molecule has 0 aliphatic heterocycles. The van der Waals surface area contributed by atoms with Crippen LogP contribution in [0.4, 0.5) is 0 Å². The van der Waals surface area contributed by atoms with Gasteiger partial charge < -0.3 is 5.11 Å². The summed E-state index contributed by atoms with van der Waals surface area (Å²) in [5.74, 6) is -1.04. The standard InChI is InChI=1S/C12H11NO3S2/c1-12(11(16)17,6-9(14)15)10-13-7-4-2-3-5-8(7)18-10/h2-5H,6H2,1H3,(H,14,15)(H,16,17). The molecule has 0 saturated carbocycles. The first kappa shape index (κ1) is 13.0. The lowest BCUT2D eigenvalue weighted by molar-refractivity contribution is -0.140. The number of thiazole rings is 1. The predicted octanol–water partition coefficient (Wildman–Crippen LogP) is 2.49. The van der Waals surface area contributed by atoms with Crippen LogP contribution in [-0.2, 0) is 15.0 Å². The van der Waals surface area contributed by atoms with Gasteiger partial charge in [-0.05, 0) is 19.1 Å². The minimum absolute atomic E-state index is 0.310. The molecule has 0 aliphatic carbocycles. The molecular formula is C12H11NO3S2. The first-order valence-electron chi connectivity index (χ1n) is 5.25. The summed E-state index contributed by atoms with van der Waals surface area (Å²) in [4.78, 5) is 26.9. The monoisotopic (exact) mass is 281 g/mol. The number of para-hydroxylation sites is 1. The van der Waals surface area contributed by atoms with Crippen LogP contribution >= 0.6 is 24.0 Å². The Morgan fingerprint density at radius 3 is 2.67 bits per heavy atom. The van der Waals surface area contributed by atoms with Crippen LogP contribution in [0.5, 0.6) is 0 Å². The van der Waals surface area contributed by atoms with E-state index in [9.17, 15) is 9.59 Å². The molecule has 0 amide bonds. The number of hydrogen-bond donors (Lipinski definition) is 2. The van der Waals surface area contributed by atoms with Gasteiger partial charge in [0.2, 0.25) is 0 Å². The molecule has 94 valence electrons. The smallest absolute Gasteiger partial charge is 0.304 e. The lowest BCUT2D eigenvalue weighted by atomic mass is 9.89. The van der Waals surface area contributed by atoms with Gasteiger partial charge >= 0.3 is 5.97 Å². The van der Waals surface area contributed by atoms with E-state index >= 15 is 0 Å². The van der Waals surface area contributed by atoms with Crippen LogP contribution in [-0.4, -0.2) is 21.2 Å². The first-order chi connectivity index (χ1) is 8.43. The van der Waals surface area contributed by atoms with Crippen LogP contribution in [0.3, 0.4) is 0 Å². The maximum Gasteiger partial charge on any atom is 0.304 e. The fraction of sp³-hybridized carbons (Fsp3) is 0.250. The van der Waals surface area contributed by atoms with Gasteiger partial charge in [0.15, 0.2) is 5.12 Å². The third kappa shape index (κ3) is 2.26. The fourth-order valence-corrected chi connectivity index (χ4v) is 3.02. The van der Waals surface area contributed by atoms with Gasteiger partial charge in [0, 0.05) is 0 Å². The summed E-state index contributed by atoms with van der Waals surface area (Å²) in [6.07, 6.45) is -0.310. The second kappa shape index (κ2) is 4.70. The van der Waals surface area contributed by atoms with Gasteiger partial charge in [0.1, 0.15) is 5.01 Å². The molecule has 18 heavy (non-hydrogen) atoms. The molecule has 1 unspecified atom stereocenters. The number of hydrogen-bond acceptors (Lipinski definition) is 4. The Kier molecular flexibility index (Phi) is 3.41. The molecule has 4 nitrogen and oxygen atoms in total. The van der Waals surface area contributed by atoms with Crippen molar-refractivity contribution in [2.45, 2.75) is 18.8 Å². The van der Waals surface area contributed by atoms with E-state index in [0.29, 0.717) is 5.01 Å². The van der Waals surface area contributed by atoms with Crippen LogP contribution in [0.2, 0.25) is 0 Å². The number of thiol groups is 1. The van der Waals surface area contributed by atoms with Gasteiger partial charge in [-0.2, -0.15) is 0 Å². The molecule has 2 aromatic rings. The first-order valence-corrected chi connectivity index (χ1v) is 6.51. The minimum atomic E-state index is -1.18. The van der Waals surface area contributed by atoms with E-state index in [1.54, 1.807) is 6.92 Å². The Bertz CT molecular complexity index is 590. The maximum atomic E-state index is 11.6. The zero-order valence-corrected chi connectivity index (χ0v) is 11.3. The predicted molar refractivity (Wildman–Crippen MR) is 73.2 cm³/mol. The molecule has 1 aromatic carbocycles. The highest BCUT2D eigenvalue weighted by Crippen LogP contribution is 2.35. The van der Waals surface area contributed by atoms with Crippen LogP contribution in [0.25, 0.3) is 10.2 Å². The van der Waals surface area contributed by atoms with Crippen molar-refractivity contribution >= 4 is 45.3 Å². The SMILES string of the molecule is CC(CC(=O)O)(C(=O)S)c1nc2ccccc2s1. The van der Waals surface area contributed by atoms with Crippen LogP contribution in [0, 0.1) is 0 Å². The molecular weight excluding hydrogens is 270 g/mol. The number of fused-ring (bicyclic) bond motifs is 1. The van der Waals surface area contributed by atoms with E-state index in [4.69, 9.17) is 5.11 Å². The Morgan fingerprint density at radius 1 is 1.44 bits per heavy atom. The summed E-state index contributed by atoms with van der Waals surface area (Å²) >= 11 is 5.14. The second-order valence-electron chi connectivity index (χ2n) is 4.19. The average Bonchev–Trinajstić information content (AvgIpc) is 2.71. The summed E-state index contributed by atoms with van der Waals surface area (Å²) < 4.78 is 0.929. The molecule has 0 saturated heterocycles. The van der Waals surface area contributed by atoms with Crippen LogP contribution < -0.4 is 0 Å². The molecule has 6 heteroatoms. The Morgan fingerprint density at radius 2 is 2.11 bits per heavy atom. The number of benzene rings is 1. The number of carboxylic acids is 1. The van der Waals surface area contributed by atoms with Crippen molar-refractivity contribution in [2.75, 3.05) is 0 Å². The van der Waals surface area contributed by atoms with Crippen molar-refractivity contribution in [3.8, 4) is 0 Å². The average molecular weight is 281 g/mol. The van der Waals surface area contributed by atoms with E-state index in [1.165, 1.54) is 11.3 Å². The van der Waals surface area contributed by atoms with Gasteiger partial charge in [-0.15, -0.1) is 24.0 Å². The van der Waals surface area contributed by atoms with Crippen molar-refractivity contribution in [1.82, 2.24) is 4.98 Å². The van der Waals surface area contributed by atoms with E-state index in [0.717, 1.165) is 10.2 Å². The molecule has 0 fully saturated rings. The Hall–Kier alpha value is -1.40.